The average molecular weight is 313 g/mol. The van der Waals surface area contributed by atoms with Gasteiger partial charge in [0.05, 0.1) is 12.1 Å². The lowest BCUT2D eigenvalue weighted by Gasteiger charge is -2.22. The molecule has 0 aliphatic heterocycles. The van der Waals surface area contributed by atoms with Gasteiger partial charge in [-0.05, 0) is 25.0 Å². The molecule has 1 aliphatic rings. The van der Waals surface area contributed by atoms with Crippen LogP contribution in [-0.2, 0) is 10.0 Å². The molecule has 0 spiro atoms. The second kappa shape index (κ2) is 6.72. The number of aliphatic hydroxyl groups excluding tert-OH is 1. The lowest BCUT2D eigenvalue weighted by Crippen LogP contribution is -2.32. The van der Waals surface area contributed by atoms with Gasteiger partial charge in [-0.25, -0.2) is 17.7 Å². The van der Waals surface area contributed by atoms with E-state index in [2.05, 4.69) is 10.3 Å². The molecule has 118 valence electrons. The fourth-order valence-corrected chi connectivity index (χ4v) is 3.32. The van der Waals surface area contributed by atoms with Crippen molar-refractivity contribution in [1.82, 2.24) is 9.29 Å². The van der Waals surface area contributed by atoms with E-state index in [-0.39, 0.29) is 17.0 Å². The van der Waals surface area contributed by atoms with Crippen LogP contribution >= 0.6 is 0 Å². The molecule has 2 rings (SSSR count). The summed E-state index contributed by atoms with van der Waals surface area (Å²) in [6, 6.07) is 3.16. The summed E-state index contributed by atoms with van der Waals surface area (Å²) in [5, 5.41) is 13.3. The van der Waals surface area contributed by atoms with Crippen molar-refractivity contribution < 1.29 is 13.5 Å². The van der Waals surface area contributed by atoms with E-state index in [1.807, 2.05) is 0 Å². The van der Waals surface area contributed by atoms with Crippen LogP contribution < -0.4 is 5.32 Å². The van der Waals surface area contributed by atoms with Gasteiger partial charge in [-0.15, -0.1) is 0 Å². The first-order valence-electron chi connectivity index (χ1n) is 7.24. The van der Waals surface area contributed by atoms with Crippen LogP contribution in [0.4, 0.5) is 5.82 Å². The summed E-state index contributed by atoms with van der Waals surface area (Å²) in [6.07, 6.45) is 5.95. The van der Waals surface area contributed by atoms with Gasteiger partial charge in [-0.3, -0.25) is 0 Å². The predicted molar refractivity (Wildman–Crippen MR) is 81.6 cm³/mol. The van der Waals surface area contributed by atoms with Gasteiger partial charge < -0.3 is 10.4 Å². The molecule has 1 aliphatic carbocycles. The Morgan fingerprint density at radius 3 is 2.57 bits per heavy atom. The Morgan fingerprint density at radius 2 is 1.95 bits per heavy atom. The number of aromatic nitrogens is 1. The van der Waals surface area contributed by atoms with Crippen LogP contribution in [0.15, 0.2) is 23.2 Å². The van der Waals surface area contributed by atoms with Gasteiger partial charge in [0.2, 0.25) is 10.0 Å². The number of hydrogen-bond donors (Lipinski definition) is 2. The number of nitrogens with zero attached hydrogens (tertiary/aromatic N) is 2. The van der Waals surface area contributed by atoms with Crippen LogP contribution in [0.5, 0.6) is 0 Å². The van der Waals surface area contributed by atoms with Gasteiger partial charge in [0.15, 0.2) is 0 Å². The zero-order valence-corrected chi connectivity index (χ0v) is 13.3. The van der Waals surface area contributed by atoms with Crippen molar-refractivity contribution >= 4 is 15.8 Å². The van der Waals surface area contributed by atoms with Crippen LogP contribution in [-0.4, -0.2) is 49.1 Å². The first-order valence-corrected chi connectivity index (χ1v) is 8.68. The maximum absolute atomic E-state index is 12.0. The summed E-state index contributed by atoms with van der Waals surface area (Å²) in [4.78, 5) is 4.32. The lowest BCUT2D eigenvalue weighted by atomic mass is 10.1. The minimum Gasteiger partial charge on any atom is -0.391 e. The molecule has 1 aromatic rings. The SMILES string of the molecule is CN(C)S(=O)(=O)c1ccc(NC2CCCCCC2O)nc1. The average Bonchev–Trinajstić information content (AvgIpc) is 2.65. The minimum absolute atomic E-state index is 0.0173. The van der Waals surface area contributed by atoms with Crippen LogP contribution in [0.25, 0.3) is 0 Å². The highest BCUT2D eigenvalue weighted by Crippen LogP contribution is 2.21. The molecule has 0 saturated heterocycles. The van der Waals surface area contributed by atoms with Gasteiger partial charge >= 0.3 is 0 Å². The number of aliphatic hydroxyl groups is 1. The highest BCUT2D eigenvalue weighted by molar-refractivity contribution is 7.89. The minimum atomic E-state index is -3.45. The molecule has 2 N–H and O–H groups in total. The topological polar surface area (TPSA) is 82.5 Å². The van der Waals surface area contributed by atoms with E-state index in [0.717, 1.165) is 36.4 Å². The lowest BCUT2D eigenvalue weighted by molar-refractivity contribution is 0.144. The monoisotopic (exact) mass is 313 g/mol. The van der Waals surface area contributed by atoms with E-state index >= 15 is 0 Å². The highest BCUT2D eigenvalue weighted by Gasteiger charge is 2.22. The van der Waals surface area contributed by atoms with Crippen LogP contribution in [0.1, 0.15) is 32.1 Å². The summed E-state index contributed by atoms with van der Waals surface area (Å²) in [5.41, 5.74) is 0. The van der Waals surface area contributed by atoms with Crippen LogP contribution in [0, 0.1) is 0 Å². The third-order valence-corrected chi connectivity index (χ3v) is 5.63. The molecular formula is C14H23N3O3S. The second-order valence-electron chi connectivity index (χ2n) is 5.62. The molecule has 7 heteroatoms. The Morgan fingerprint density at radius 1 is 1.24 bits per heavy atom. The molecule has 0 bridgehead atoms. The first-order chi connectivity index (χ1) is 9.91. The molecule has 21 heavy (non-hydrogen) atoms. The molecule has 0 aromatic carbocycles. The normalized spacial score (nSPS) is 23.8. The molecule has 2 unspecified atom stereocenters. The second-order valence-corrected chi connectivity index (χ2v) is 7.77. The fourth-order valence-electron chi connectivity index (χ4n) is 2.48. The van der Waals surface area contributed by atoms with Crippen LogP contribution in [0.2, 0.25) is 0 Å². The molecule has 1 fully saturated rings. The van der Waals surface area contributed by atoms with Crippen molar-refractivity contribution in [2.24, 2.45) is 0 Å². The number of anilines is 1. The van der Waals surface area contributed by atoms with Gasteiger partial charge in [-0.2, -0.15) is 0 Å². The van der Waals surface area contributed by atoms with Crippen molar-refractivity contribution in [3.8, 4) is 0 Å². The molecule has 0 amide bonds. The number of sulfonamides is 1. The standard InChI is InChI=1S/C14H23N3O3S/c1-17(2)21(19,20)11-8-9-14(15-10-11)16-12-6-4-3-5-7-13(12)18/h8-10,12-13,18H,3-7H2,1-2H3,(H,15,16). The molecule has 1 saturated carbocycles. The van der Waals surface area contributed by atoms with Gasteiger partial charge in [0.1, 0.15) is 10.7 Å². The van der Waals surface area contributed by atoms with Crippen molar-refractivity contribution in [3.63, 3.8) is 0 Å². The first kappa shape index (κ1) is 16.2. The van der Waals surface area contributed by atoms with Gasteiger partial charge in [-0.1, -0.05) is 19.3 Å². The third kappa shape index (κ3) is 3.93. The summed E-state index contributed by atoms with van der Waals surface area (Å²) in [5.74, 6) is 0.596. The van der Waals surface area contributed by atoms with Gasteiger partial charge in [0, 0.05) is 20.3 Å². The molecular weight excluding hydrogens is 290 g/mol. The zero-order valence-electron chi connectivity index (χ0n) is 12.5. The number of hydrogen-bond acceptors (Lipinski definition) is 5. The number of rotatable bonds is 4. The van der Waals surface area contributed by atoms with Gasteiger partial charge in [0.25, 0.3) is 0 Å². The summed E-state index contributed by atoms with van der Waals surface area (Å²) in [7, 11) is -0.471. The van der Waals surface area contributed by atoms with Crippen molar-refractivity contribution in [2.45, 2.75) is 49.1 Å². The van der Waals surface area contributed by atoms with Crippen molar-refractivity contribution in [3.05, 3.63) is 18.3 Å². The van der Waals surface area contributed by atoms with E-state index < -0.39 is 10.0 Å². The Kier molecular flexibility index (Phi) is 5.18. The third-order valence-electron chi connectivity index (χ3n) is 3.83. The van der Waals surface area contributed by atoms with E-state index in [0.29, 0.717) is 5.82 Å². The predicted octanol–water partition coefficient (Wildman–Crippen LogP) is 1.44. The highest BCUT2D eigenvalue weighted by atomic mass is 32.2. The smallest absolute Gasteiger partial charge is 0.244 e. The Hall–Kier alpha value is -1.18. The van der Waals surface area contributed by atoms with E-state index in [4.69, 9.17) is 0 Å². The molecule has 1 aromatic heterocycles. The Labute approximate surface area is 126 Å². The number of pyridine rings is 1. The molecule has 6 nitrogen and oxygen atoms in total. The largest absolute Gasteiger partial charge is 0.391 e. The zero-order chi connectivity index (χ0) is 15.5. The van der Waals surface area contributed by atoms with Crippen LogP contribution in [0.3, 0.4) is 0 Å². The van der Waals surface area contributed by atoms with E-state index in [1.54, 1.807) is 6.07 Å². The fraction of sp³-hybridized carbons (Fsp3) is 0.643. The van der Waals surface area contributed by atoms with Crippen molar-refractivity contribution in [2.75, 3.05) is 19.4 Å². The molecule has 0 radical (unpaired) electrons. The molecule has 1 heterocycles. The summed E-state index contributed by atoms with van der Waals surface area (Å²) >= 11 is 0. The van der Waals surface area contributed by atoms with Crippen molar-refractivity contribution in [1.29, 1.82) is 0 Å². The Bertz CT molecular complexity index is 557. The summed E-state index contributed by atoms with van der Waals surface area (Å²) in [6.45, 7) is 0. The molecule has 2 atom stereocenters. The van der Waals surface area contributed by atoms with E-state index in [1.165, 1.54) is 26.4 Å². The quantitative estimate of drug-likeness (QED) is 0.822. The van der Waals surface area contributed by atoms with E-state index in [9.17, 15) is 13.5 Å². The maximum atomic E-state index is 12.0. The number of nitrogens with one attached hydrogen (secondary N) is 1. The summed E-state index contributed by atoms with van der Waals surface area (Å²) < 4.78 is 25.1. The Balaban J connectivity index is 2.09. The maximum Gasteiger partial charge on any atom is 0.244 e.